The predicted molar refractivity (Wildman–Crippen MR) is 111 cm³/mol. The number of halogens is 1. The van der Waals surface area contributed by atoms with Crippen molar-refractivity contribution in [2.45, 2.75) is 13.0 Å². The fraction of sp³-hybridized carbons (Fsp3) is 0.0870. The van der Waals surface area contributed by atoms with E-state index in [9.17, 15) is 9.18 Å². The number of amides is 2. The van der Waals surface area contributed by atoms with E-state index in [4.69, 9.17) is 4.42 Å². The quantitative estimate of drug-likeness (QED) is 0.487. The number of nitrogens with one attached hydrogen (secondary N) is 2. The molecule has 0 radical (unpaired) electrons. The number of carbonyl (C=O) groups excluding carboxylic acids is 1. The fourth-order valence-electron chi connectivity index (χ4n) is 2.95. The van der Waals surface area contributed by atoms with Crippen LogP contribution in [0.5, 0.6) is 0 Å². The van der Waals surface area contributed by atoms with Crippen LogP contribution in [0, 0.1) is 12.7 Å². The molecule has 3 aromatic carbocycles. The largest absolute Gasteiger partial charge is 0.418 e. The zero-order valence-electron chi connectivity index (χ0n) is 16.2. The Bertz CT molecular complexity index is 1150. The molecule has 0 bridgehead atoms. The topological polar surface area (TPSA) is 80.0 Å². The zero-order valence-corrected chi connectivity index (χ0v) is 16.2. The number of aryl methyl sites for hydroxylation is 1. The lowest BCUT2D eigenvalue weighted by Gasteiger charge is -2.16. The number of carbonyl (C=O) groups is 1. The molecule has 0 aliphatic carbocycles. The Morgan fingerprint density at radius 1 is 0.967 bits per heavy atom. The van der Waals surface area contributed by atoms with Crippen molar-refractivity contribution < 1.29 is 13.6 Å². The van der Waals surface area contributed by atoms with Gasteiger partial charge >= 0.3 is 6.03 Å². The highest BCUT2D eigenvalue weighted by Crippen LogP contribution is 2.25. The minimum absolute atomic E-state index is 0.241. The number of nitrogens with zero attached hydrogens (tertiary/aromatic N) is 2. The first-order valence-electron chi connectivity index (χ1n) is 9.37. The standard InChI is InChI=1S/C23H19FN4O2/c1-15-12-13-18(14-19(15)24)25-23(29)26-20(16-8-4-2-5-9-16)22-28-27-21(30-22)17-10-6-3-7-11-17/h2-14,20H,1H3,(H2,25,26,29)/t20-/m0/s1. The molecule has 4 rings (SSSR count). The molecule has 0 saturated heterocycles. The minimum atomic E-state index is -0.675. The molecular formula is C23H19FN4O2. The number of anilines is 1. The van der Waals surface area contributed by atoms with E-state index in [0.29, 0.717) is 17.1 Å². The van der Waals surface area contributed by atoms with Gasteiger partial charge in [-0.1, -0.05) is 54.6 Å². The van der Waals surface area contributed by atoms with E-state index < -0.39 is 17.9 Å². The lowest BCUT2D eigenvalue weighted by Crippen LogP contribution is -2.33. The van der Waals surface area contributed by atoms with Crippen molar-refractivity contribution in [2.75, 3.05) is 5.32 Å². The van der Waals surface area contributed by atoms with E-state index in [2.05, 4.69) is 20.8 Å². The second kappa shape index (κ2) is 8.57. The van der Waals surface area contributed by atoms with Crippen molar-refractivity contribution >= 4 is 11.7 Å². The Morgan fingerprint density at radius 3 is 2.37 bits per heavy atom. The summed E-state index contributed by atoms with van der Waals surface area (Å²) in [5.74, 6) is 0.205. The summed E-state index contributed by atoms with van der Waals surface area (Å²) in [5, 5.41) is 13.7. The summed E-state index contributed by atoms with van der Waals surface area (Å²) in [6, 6.07) is 22.0. The van der Waals surface area contributed by atoms with Crippen LogP contribution in [0.15, 0.2) is 83.3 Å². The van der Waals surface area contributed by atoms with Gasteiger partial charge in [-0.05, 0) is 42.3 Å². The molecule has 0 fully saturated rings. The van der Waals surface area contributed by atoms with Crippen LogP contribution in [0.2, 0.25) is 0 Å². The van der Waals surface area contributed by atoms with Crippen molar-refractivity contribution in [2.24, 2.45) is 0 Å². The first kappa shape index (κ1) is 19.3. The predicted octanol–water partition coefficient (Wildman–Crippen LogP) is 5.10. The van der Waals surface area contributed by atoms with Gasteiger partial charge in [-0.3, -0.25) is 0 Å². The third-order valence-corrected chi connectivity index (χ3v) is 4.55. The van der Waals surface area contributed by atoms with Crippen LogP contribution in [0.4, 0.5) is 14.9 Å². The maximum absolute atomic E-state index is 13.8. The second-order valence-electron chi connectivity index (χ2n) is 6.72. The molecule has 2 amide bonds. The summed E-state index contributed by atoms with van der Waals surface area (Å²) in [7, 11) is 0. The molecule has 150 valence electrons. The molecule has 30 heavy (non-hydrogen) atoms. The highest BCUT2D eigenvalue weighted by Gasteiger charge is 2.23. The number of rotatable bonds is 5. The van der Waals surface area contributed by atoms with Gasteiger partial charge in [-0.25, -0.2) is 9.18 Å². The van der Waals surface area contributed by atoms with Crippen LogP contribution in [0.1, 0.15) is 23.1 Å². The van der Waals surface area contributed by atoms with Gasteiger partial charge < -0.3 is 15.1 Å². The highest BCUT2D eigenvalue weighted by molar-refractivity contribution is 5.89. The average molecular weight is 402 g/mol. The SMILES string of the molecule is Cc1ccc(NC(=O)N[C@@H](c2ccccc2)c2nnc(-c3ccccc3)o2)cc1F. The summed E-state index contributed by atoms with van der Waals surface area (Å²) in [4.78, 5) is 12.6. The van der Waals surface area contributed by atoms with Crippen LogP contribution >= 0.6 is 0 Å². The number of urea groups is 1. The van der Waals surface area contributed by atoms with Gasteiger partial charge in [-0.15, -0.1) is 10.2 Å². The molecule has 4 aromatic rings. The number of hydrogen-bond acceptors (Lipinski definition) is 4. The fourth-order valence-corrected chi connectivity index (χ4v) is 2.95. The zero-order chi connectivity index (χ0) is 20.9. The van der Waals surface area contributed by atoms with E-state index in [0.717, 1.165) is 11.1 Å². The Hall–Kier alpha value is -4.00. The van der Waals surface area contributed by atoms with Crippen molar-refractivity contribution in [1.82, 2.24) is 15.5 Å². The summed E-state index contributed by atoms with van der Waals surface area (Å²) in [5.41, 5.74) is 2.40. The summed E-state index contributed by atoms with van der Waals surface area (Å²) >= 11 is 0. The van der Waals surface area contributed by atoms with Crippen LogP contribution in [-0.2, 0) is 0 Å². The van der Waals surface area contributed by atoms with Crippen molar-refractivity contribution in [3.63, 3.8) is 0 Å². The van der Waals surface area contributed by atoms with E-state index in [1.807, 2.05) is 60.7 Å². The molecular weight excluding hydrogens is 383 g/mol. The normalized spacial score (nSPS) is 11.7. The lowest BCUT2D eigenvalue weighted by molar-refractivity contribution is 0.248. The van der Waals surface area contributed by atoms with Crippen LogP contribution < -0.4 is 10.6 Å². The molecule has 6 nitrogen and oxygen atoms in total. The third-order valence-electron chi connectivity index (χ3n) is 4.55. The monoisotopic (exact) mass is 402 g/mol. The Labute approximate surface area is 172 Å². The summed E-state index contributed by atoms with van der Waals surface area (Å²) in [6.45, 7) is 1.66. The smallest absolute Gasteiger partial charge is 0.320 e. The van der Waals surface area contributed by atoms with E-state index in [-0.39, 0.29) is 5.89 Å². The van der Waals surface area contributed by atoms with E-state index >= 15 is 0 Å². The van der Waals surface area contributed by atoms with Crippen molar-refractivity contribution in [3.05, 3.63) is 102 Å². The number of aromatic nitrogens is 2. The van der Waals surface area contributed by atoms with Gasteiger partial charge in [0.15, 0.2) is 0 Å². The molecule has 0 spiro atoms. The van der Waals surface area contributed by atoms with Gasteiger partial charge in [0, 0.05) is 11.3 Å². The van der Waals surface area contributed by atoms with Gasteiger partial charge in [0.25, 0.3) is 0 Å². The van der Waals surface area contributed by atoms with Crippen LogP contribution in [0.3, 0.4) is 0 Å². The summed E-state index contributed by atoms with van der Waals surface area (Å²) < 4.78 is 19.6. The first-order valence-corrected chi connectivity index (χ1v) is 9.37. The number of benzene rings is 3. The summed E-state index contributed by atoms with van der Waals surface area (Å²) in [6.07, 6.45) is 0. The van der Waals surface area contributed by atoms with Crippen molar-refractivity contribution in [3.8, 4) is 11.5 Å². The molecule has 1 heterocycles. The van der Waals surface area contributed by atoms with Crippen LogP contribution in [0.25, 0.3) is 11.5 Å². The number of hydrogen-bond donors (Lipinski definition) is 2. The van der Waals surface area contributed by atoms with E-state index in [1.165, 1.54) is 6.07 Å². The Kier molecular flexibility index (Phi) is 5.52. The Morgan fingerprint density at radius 2 is 1.67 bits per heavy atom. The maximum Gasteiger partial charge on any atom is 0.320 e. The van der Waals surface area contributed by atoms with Crippen LogP contribution in [-0.4, -0.2) is 16.2 Å². The molecule has 2 N–H and O–H groups in total. The molecule has 1 aromatic heterocycles. The second-order valence-corrected chi connectivity index (χ2v) is 6.72. The minimum Gasteiger partial charge on any atom is -0.418 e. The molecule has 1 atom stereocenters. The molecule has 0 aliphatic heterocycles. The molecule has 7 heteroatoms. The van der Waals surface area contributed by atoms with E-state index in [1.54, 1.807) is 19.1 Å². The van der Waals surface area contributed by atoms with Crippen molar-refractivity contribution in [1.29, 1.82) is 0 Å². The Balaban J connectivity index is 1.59. The van der Waals surface area contributed by atoms with Gasteiger partial charge in [0.2, 0.25) is 11.8 Å². The molecule has 0 saturated carbocycles. The van der Waals surface area contributed by atoms with Gasteiger partial charge in [0.1, 0.15) is 11.9 Å². The lowest BCUT2D eigenvalue weighted by atomic mass is 10.1. The third kappa shape index (κ3) is 4.35. The maximum atomic E-state index is 13.8. The van der Waals surface area contributed by atoms with Gasteiger partial charge in [-0.2, -0.15) is 0 Å². The highest BCUT2D eigenvalue weighted by atomic mass is 19.1. The first-order chi connectivity index (χ1) is 14.6. The molecule has 0 unspecified atom stereocenters. The van der Waals surface area contributed by atoms with Gasteiger partial charge in [0.05, 0.1) is 0 Å². The molecule has 0 aliphatic rings. The average Bonchev–Trinajstić information content (AvgIpc) is 3.26.